The van der Waals surface area contributed by atoms with E-state index >= 15 is 0 Å². The lowest BCUT2D eigenvalue weighted by Crippen LogP contribution is -2.52. The number of hydrogen-bond acceptors (Lipinski definition) is 1. The van der Waals surface area contributed by atoms with Gasteiger partial charge in [0, 0.05) is 12.3 Å². The van der Waals surface area contributed by atoms with E-state index in [9.17, 15) is 0 Å². The molecule has 4 rings (SSSR count). The van der Waals surface area contributed by atoms with Gasteiger partial charge < -0.3 is 4.74 Å². The number of fused-ring (bicyclic) bond motifs is 1. The molecular weight excluding hydrogens is 136 g/mol. The predicted molar refractivity (Wildman–Crippen MR) is 43.1 cm³/mol. The van der Waals surface area contributed by atoms with Gasteiger partial charge in [0.25, 0.3) is 0 Å². The van der Waals surface area contributed by atoms with Crippen molar-refractivity contribution >= 4 is 0 Å². The summed E-state index contributed by atoms with van der Waals surface area (Å²) in [6.07, 6.45) is 10.4. The van der Waals surface area contributed by atoms with Crippen LogP contribution >= 0.6 is 0 Å². The number of hydrogen-bond donors (Lipinski definition) is 0. The normalized spacial score (nSPS) is 46.5. The van der Waals surface area contributed by atoms with Crippen LogP contribution in [0.15, 0.2) is 11.8 Å². The van der Waals surface area contributed by atoms with Crippen LogP contribution in [0.4, 0.5) is 0 Å². The van der Waals surface area contributed by atoms with Crippen molar-refractivity contribution in [3.8, 4) is 0 Å². The van der Waals surface area contributed by atoms with Crippen LogP contribution in [0.1, 0.15) is 38.5 Å². The van der Waals surface area contributed by atoms with Crippen molar-refractivity contribution in [1.82, 2.24) is 0 Å². The Morgan fingerprint density at radius 2 is 2.36 bits per heavy atom. The van der Waals surface area contributed by atoms with Crippen molar-refractivity contribution in [2.45, 2.75) is 44.1 Å². The van der Waals surface area contributed by atoms with E-state index in [0.717, 1.165) is 5.92 Å². The lowest BCUT2D eigenvalue weighted by atomic mass is 9.66. The summed E-state index contributed by atoms with van der Waals surface area (Å²) >= 11 is 0. The van der Waals surface area contributed by atoms with E-state index in [1.54, 1.807) is 0 Å². The van der Waals surface area contributed by atoms with Gasteiger partial charge in [0.05, 0.1) is 5.76 Å². The van der Waals surface area contributed by atoms with Gasteiger partial charge in [0.2, 0.25) is 0 Å². The van der Waals surface area contributed by atoms with Gasteiger partial charge in [-0.25, -0.2) is 0 Å². The summed E-state index contributed by atoms with van der Waals surface area (Å²) in [5, 5.41) is 0. The number of allylic oxidation sites excluding steroid dienone is 1. The van der Waals surface area contributed by atoms with E-state index in [1.807, 2.05) is 0 Å². The third-order valence-electron chi connectivity index (χ3n) is 3.58. The molecule has 0 amide bonds. The molecule has 1 heteroatoms. The van der Waals surface area contributed by atoms with Crippen molar-refractivity contribution in [2.75, 3.05) is 0 Å². The molecule has 0 aromatic carbocycles. The Morgan fingerprint density at radius 1 is 1.45 bits per heavy atom. The van der Waals surface area contributed by atoms with Crippen molar-refractivity contribution in [3.05, 3.63) is 11.8 Å². The Labute approximate surface area is 67.4 Å². The average molecular weight is 150 g/mol. The zero-order valence-electron chi connectivity index (χ0n) is 6.81. The summed E-state index contributed by atoms with van der Waals surface area (Å²) in [7, 11) is 0. The molecule has 11 heavy (non-hydrogen) atoms. The first-order valence-electron chi connectivity index (χ1n) is 4.77. The molecule has 1 saturated carbocycles. The van der Waals surface area contributed by atoms with Gasteiger partial charge in [-0.2, -0.15) is 0 Å². The highest BCUT2D eigenvalue weighted by molar-refractivity contribution is 5.19. The molecule has 0 N–H and O–H groups in total. The molecule has 1 spiro atoms. The molecule has 0 aromatic heterocycles. The molecule has 2 bridgehead atoms. The third-order valence-corrected chi connectivity index (χ3v) is 3.58. The van der Waals surface area contributed by atoms with Gasteiger partial charge in [0.1, 0.15) is 5.60 Å². The molecule has 0 aromatic rings. The molecule has 2 heterocycles. The van der Waals surface area contributed by atoms with Gasteiger partial charge >= 0.3 is 0 Å². The van der Waals surface area contributed by atoms with E-state index < -0.39 is 0 Å². The molecule has 60 valence electrons. The molecular formula is C10H14O. The zero-order chi connectivity index (χ0) is 7.31. The minimum Gasteiger partial charge on any atom is -0.491 e. The van der Waals surface area contributed by atoms with Crippen molar-refractivity contribution < 1.29 is 4.74 Å². The fraction of sp³-hybridized carbons (Fsp3) is 0.800. The van der Waals surface area contributed by atoms with Crippen LogP contribution in [-0.2, 0) is 4.74 Å². The zero-order valence-corrected chi connectivity index (χ0v) is 6.81. The summed E-state index contributed by atoms with van der Waals surface area (Å²) in [6, 6.07) is 0. The molecule has 0 radical (unpaired) electrons. The first-order chi connectivity index (χ1) is 5.39. The van der Waals surface area contributed by atoms with Gasteiger partial charge in [0.15, 0.2) is 0 Å². The summed E-state index contributed by atoms with van der Waals surface area (Å²) in [4.78, 5) is 0. The Hall–Kier alpha value is -0.460. The fourth-order valence-electron chi connectivity index (χ4n) is 2.92. The molecule has 4 aliphatic rings. The maximum atomic E-state index is 5.83. The second-order valence-electron chi connectivity index (χ2n) is 4.19. The van der Waals surface area contributed by atoms with Gasteiger partial charge in [-0.1, -0.05) is 6.42 Å². The minimum atomic E-state index is 0.350. The second-order valence-corrected chi connectivity index (χ2v) is 4.19. The SMILES string of the molecule is C1=C2CC3(CCCCC3C1)O2. The number of ether oxygens (including phenoxy) is 1. The van der Waals surface area contributed by atoms with Gasteiger partial charge in [-0.3, -0.25) is 0 Å². The first kappa shape index (κ1) is 6.10. The quantitative estimate of drug-likeness (QED) is 0.515. The summed E-state index contributed by atoms with van der Waals surface area (Å²) < 4.78 is 5.83. The molecule has 2 unspecified atom stereocenters. The highest BCUT2D eigenvalue weighted by atomic mass is 16.5. The Bertz CT molecular complexity index is 209. The Balaban J connectivity index is 1.93. The average Bonchev–Trinajstić information content (AvgIpc) is 2.03. The summed E-state index contributed by atoms with van der Waals surface area (Å²) in [5.74, 6) is 2.15. The van der Waals surface area contributed by atoms with Crippen LogP contribution in [-0.4, -0.2) is 5.60 Å². The Morgan fingerprint density at radius 3 is 3.18 bits per heavy atom. The standard InChI is InChI=1S/C10H14O/c1-2-6-10-7-9(11-10)5-4-8(10)3-1/h5,8H,1-4,6-7H2. The van der Waals surface area contributed by atoms with Gasteiger partial charge in [-0.05, 0) is 31.8 Å². The van der Waals surface area contributed by atoms with Crippen molar-refractivity contribution in [1.29, 1.82) is 0 Å². The lowest BCUT2D eigenvalue weighted by Gasteiger charge is -2.54. The predicted octanol–water partition coefficient (Wildman–Crippen LogP) is 2.62. The second kappa shape index (κ2) is 1.82. The number of rotatable bonds is 0. The largest absolute Gasteiger partial charge is 0.491 e. The topological polar surface area (TPSA) is 9.23 Å². The van der Waals surface area contributed by atoms with E-state index in [1.165, 1.54) is 44.3 Å². The maximum Gasteiger partial charge on any atom is 0.119 e. The lowest BCUT2D eigenvalue weighted by molar-refractivity contribution is -0.159. The van der Waals surface area contributed by atoms with E-state index in [2.05, 4.69) is 6.08 Å². The summed E-state index contributed by atoms with van der Waals surface area (Å²) in [5.41, 5.74) is 0.350. The third kappa shape index (κ3) is 0.666. The van der Waals surface area contributed by atoms with Crippen LogP contribution in [0.25, 0.3) is 0 Å². The van der Waals surface area contributed by atoms with E-state index in [0.29, 0.717) is 5.60 Å². The maximum absolute atomic E-state index is 5.83. The highest BCUT2D eigenvalue weighted by Gasteiger charge is 2.52. The highest BCUT2D eigenvalue weighted by Crippen LogP contribution is 2.54. The van der Waals surface area contributed by atoms with Crippen LogP contribution in [0.3, 0.4) is 0 Å². The molecule has 1 nitrogen and oxygen atoms in total. The van der Waals surface area contributed by atoms with E-state index in [-0.39, 0.29) is 0 Å². The smallest absolute Gasteiger partial charge is 0.119 e. The van der Waals surface area contributed by atoms with Crippen LogP contribution in [0.5, 0.6) is 0 Å². The summed E-state index contributed by atoms with van der Waals surface area (Å²) in [6.45, 7) is 0. The van der Waals surface area contributed by atoms with Crippen LogP contribution in [0.2, 0.25) is 0 Å². The molecule has 1 saturated heterocycles. The van der Waals surface area contributed by atoms with Crippen LogP contribution < -0.4 is 0 Å². The first-order valence-corrected chi connectivity index (χ1v) is 4.77. The monoisotopic (exact) mass is 150 g/mol. The molecule has 2 fully saturated rings. The Kier molecular flexibility index (Phi) is 1.01. The van der Waals surface area contributed by atoms with Crippen molar-refractivity contribution in [2.24, 2.45) is 5.92 Å². The fourth-order valence-corrected chi connectivity index (χ4v) is 2.92. The van der Waals surface area contributed by atoms with Crippen LogP contribution in [0, 0.1) is 5.92 Å². The van der Waals surface area contributed by atoms with Gasteiger partial charge in [-0.15, -0.1) is 0 Å². The molecule has 2 atom stereocenters. The molecule has 2 aliphatic heterocycles. The minimum absolute atomic E-state index is 0.350. The molecule has 2 aliphatic carbocycles. The van der Waals surface area contributed by atoms with E-state index in [4.69, 9.17) is 4.74 Å². The van der Waals surface area contributed by atoms with Crippen molar-refractivity contribution in [3.63, 3.8) is 0 Å².